The Morgan fingerprint density at radius 3 is 2.04 bits per heavy atom. The number of carbonyl (C=O) groups is 1. The van der Waals surface area contributed by atoms with Crippen molar-refractivity contribution in [2.75, 3.05) is 40.3 Å². The van der Waals surface area contributed by atoms with Crippen LogP contribution in [-0.2, 0) is 9.53 Å². The Labute approximate surface area is 141 Å². The zero-order valence-corrected chi connectivity index (χ0v) is 15.6. The molecule has 1 fully saturated rings. The van der Waals surface area contributed by atoms with Gasteiger partial charge in [-0.2, -0.15) is 0 Å². The molecule has 1 aliphatic heterocycles. The van der Waals surface area contributed by atoms with Gasteiger partial charge in [-0.15, -0.1) is 0 Å². The largest absolute Gasteiger partial charge is 0.386 e. The standard InChI is InChI=1S/C13H21N3O.C5H12O/c1-4-6-13(12(5-2)14-3)16-9-7-15(11-17)8-10-16;1-5(2,3)6-4/h4-6,11,14H,2,7-10H2,1,3H3;1-4H3/b6-4-,13-12-;. The van der Waals surface area contributed by atoms with Crippen molar-refractivity contribution in [3.05, 3.63) is 36.2 Å². The van der Waals surface area contributed by atoms with Crippen LogP contribution in [0.3, 0.4) is 0 Å². The first-order valence-corrected chi connectivity index (χ1v) is 7.99. The molecule has 0 bridgehead atoms. The molecule has 1 N–H and O–H groups in total. The van der Waals surface area contributed by atoms with Crippen molar-refractivity contribution in [3.63, 3.8) is 0 Å². The molecule has 0 saturated carbocycles. The highest BCUT2D eigenvalue weighted by Crippen LogP contribution is 2.14. The van der Waals surface area contributed by atoms with E-state index in [0.29, 0.717) is 0 Å². The second kappa shape index (κ2) is 10.9. The summed E-state index contributed by atoms with van der Waals surface area (Å²) in [6.07, 6.45) is 6.83. The van der Waals surface area contributed by atoms with Gasteiger partial charge >= 0.3 is 0 Å². The van der Waals surface area contributed by atoms with Crippen LogP contribution in [0.1, 0.15) is 27.7 Å². The van der Waals surface area contributed by atoms with E-state index in [1.54, 1.807) is 12.0 Å². The van der Waals surface area contributed by atoms with Crippen LogP contribution in [0.5, 0.6) is 0 Å². The smallest absolute Gasteiger partial charge is 0.209 e. The Kier molecular flexibility index (Phi) is 10.1. The molecule has 0 aromatic carbocycles. The number of hydrogen-bond acceptors (Lipinski definition) is 4. The average molecular weight is 323 g/mol. The van der Waals surface area contributed by atoms with Crippen LogP contribution in [0, 0.1) is 0 Å². The van der Waals surface area contributed by atoms with Crippen LogP contribution in [0.25, 0.3) is 0 Å². The molecule has 0 unspecified atom stereocenters. The van der Waals surface area contributed by atoms with E-state index < -0.39 is 0 Å². The summed E-state index contributed by atoms with van der Waals surface area (Å²) < 4.78 is 4.94. The van der Waals surface area contributed by atoms with Gasteiger partial charge in [-0.1, -0.05) is 12.7 Å². The summed E-state index contributed by atoms with van der Waals surface area (Å²) in [6.45, 7) is 15.1. The number of rotatable bonds is 5. The highest BCUT2D eigenvalue weighted by molar-refractivity contribution is 5.47. The van der Waals surface area contributed by atoms with E-state index in [4.69, 9.17) is 4.74 Å². The lowest BCUT2D eigenvalue weighted by Gasteiger charge is -2.35. The van der Waals surface area contributed by atoms with Gasteiger partial charge in [0.25, 0.3) is 0 Å². The van der Waals surface area contributed by atoms with Crippen molar-refractivity contribution >= 4 is 6.41 Å². The third kappa shape index (κ3) is 8.45. The molecule has 132 valence electrons. The molecule has 0 aromatic heterocycles. The average Bonchev–Trinajstić information content (AvgIpc) is 2.55. The number of carbonyl (C=O) groups excluding carboxylic acids is 1. The monoisotopic (exact) mass is 323 g/mol. The molecule has 23 heavy (non-hydrogen) atoms. The van der Waals surface area contributed by atoms with Gasteiger partial charge in [0.1, 0.15) is 0 Å². The molecule has 1 heterocycles. The SMILES string of the molecule is C=C/C(NC)=C(\C=C/C)N1CCN(C=O)CC1.COC(C)(C)C. The van der Waals surface area contributed by atoms with Gasteiger partial charge in [-0.3, -0.25) is 4.79 Å². The van der Waals surface area contributed by atoms with Gasteiger partial charge in [-0.25, -0.2) is 0 Å². The number of ether oxygens (including phenoxy) is 1. The molecule has 1 amide bonds. The molecule has 0 aliphatic carbocycles. The van der Waals surface area contributed by atoms with Gasteiger partial charge in [-0.05, 0) is 39.8 Å². The van der Waals surface area contributed by atoms with Crippen molar-refractivity contribution < 1.29 is 9.53 Å². The Hall–Kier alpha value is -1.75. The van der Waals surface area contributed by atoms with E-state index in [0.717, 1.165) is 44.0 Å². The summed E-state index contributed by atoms with van der Waals surface area (Å²) in [5.74, 6) is 0. The maximum atomic E-state index is 10.7. The molecule has 0 radical (unpaired) electrons. The summed E-state index contributed by atoms with van der Waals surface area (Å²) in [7, 11) is 3.60. The summed E-state index contributed by atoms with van der Waals surface area (Å²) in [6, 6.07) is 0. The predicted octanol–water partition coefficient (Wildman–Crippen LogP) is 2.38. The lowest BCUT2D eigenvalue weighted by molar-refractivity contribution is -0.119. The van der Waals surface area contributed by atoms with E-state index in [-0.39, 0.29) is 5.60 Å². The number of nitrogens with zero attached hydrogens (tertiary/aromatic N) is 2. The minimum Gasteiger partial charge on any atom is -0.386 e. The van der Waals surface area contributed by atoms with Crippen molar-refractivity contribution in [2.24, 2.45) is 0 Å². The van der Waals surface area contributed by atoms with Crippen molar-refractivity contribution in [3.8, 4) is 0 Å². The number of amides is 1. The number of hydrogen-bond donors (Lipinski definition) is 1. The van der Waals surface area contributed by atoms with Gasteiger partial charge in [0.15, 0.2) is 0 Å². The number of likely N-dealkylation sites (N-methyl/N-ethyl adjacent to an activating group) is 1. The molecule has 5 heteroatoms. The van der Waals surface area contributed by atoms with E-state index in [1.807, 2.05) is 46.9 Å². The first-order valence-electron chi connectivity index (χ1n) is 7.99. The summed E-state index contributed by atoms with van der Waals surface area (Å²) in [5.41, 5.74) is 2.19. The van der Waals surface area contributed by atoms with Crippen molar-refractivity contribution in [1.82, 2.24) is 15.1 Å². The fourth-order valence-electron chi connectivity index (χ4n) is 1.93. The lowest BCUT2D eigenvalue weighted by atomic mass is 10.2. The molecule has 0 atom stereocenters. The highest BCUT2D eigenvalue weighted by Gasteiger charge is 2.17. The van der Waals surface area contributed by atoms with Crippen LogP contribution in [0.4, 0.5) is 0 Å². The highest BCUT2D eigenvalue weighted by atomic mass is 16.5. The molecular formula is C18H33N3O2. The Morgan fingerprint density at radius 1 is 1.22 bits per heavy atom. The predicted molar refractivity (Wildman–Crippen MR) is 97.1 cm³/mol. The Bertz CT molecular complexity index is 414. The maximum absolute atomic E-state index is 10.7. The third-order valence-corrected chi connectivity index (χ3v) is 3.49. The van der Waals surface area contributed by atoms with Crippen molar-refractivity contribution in [1.29, 1.82) is 0 Å². The number of methoxy groups -OCH3 is 1. The number of piperazine rings is 1. The van der Waals surface area contributed by atoms with E-state index in [9.17, 15) is 4.79 Å². The minimum atomic E-state index is 0.0417. The Morgan fingerprint density at radius 2 is 1.74 bits per heavy atom. The number of nitrogens with one attached hydrogen (secondary N) is 1. The second-order valence-corrected chi connectivity index (χ2v) is 6.20. The zero-order valence-electron chi connectivity index (χ0n) is 15.6. The molecular weight excluding hydrogens is 290 g/mol. The summed E-state index contributed by atoms with van der Waals surface area (Å²) in [4.78, 5) is 14.7. The third-order valence-electron chi connectivity index (χ3n) is 3.49. The van der Waals surface area contributed by atoms with Gasteiger partial charge in [0.05, 0.1) is 17.0 Å². The van der Waals surface area contributed by atoms with Crippen LogP contribution in [0.2, 0.25) is 0 Å². The molecule has 1 aliphatic rings. The summed E-state index contributed by atoms with van der Waals surface area (Å²) >= 11 is 0. The minimum absolute atomic E-state index is 0.0417. The first kappa shape index (κ1) is 21.2. The molecule has 1 saturated heterocycles. The van der Waals surface area contributed by atoms with Gasteiger partial charge in [0, 0.05) is 40.3 Å². The quantitative estimate of drug-likeness (QED) is 0.623. The zero-order chi connectivity index (χ0) is 17.9. The lowest BCUT2D eigenvalue weighted by Crippen LogP contribution is -2.45. The second-order valence-electron chi connectivity index (χ2n) is 6.20. The molecule has 0 spiro atoms. The Balaban J connectivity index is 0.000000688. The molecule has 0 aromatic rings. The summed E-state index contributed by atoms with van der Waals surface area (Å²) in [5, 5.41) is 3.14. The van der Waals surface area contributed by atoms with E-state index >= 15 is 0 Å². The fourth-order valence-corrected chi connectivity index (χ4v) is 1.93. The van der Waals surface area contributed by atoms with Gasteiger partial charge < -0.3 is 19.9 Å². The van der Waals surface area contributed by atoms with Crippen molar-refractivity contribution in [2.45, 2.75) is 33.3 Å². The van der Waals surface area contributed by atoms with E-state index in [2.05, 4.69) is 22.9 Å². The molecule has 1 rings (SSSR count). The normalized spacial score (nSPS) is 16.4. The van der Waals surface area contributed by atoms with E-state index in [1.165, 1.54) is 0 Å². The van der Waals surface area contributed by atoms with Crippen LogP contribution in [-0.4, -0.2) is 62.1 Å². The van der Waals surface area contributed by atoms with Crippen LogP contribution in [0.15, 0.2) is 36.2 Å². The number of allylic oxidation sites excluding steroid dienone is 3. The first-order chi connectivity index (χ1) is 10.8. The molecule has 5 nitrogen and oxygen atoms in total. The fraction of sp³-hybridized carbons (Fsp3) is 0.611. The maximum Gasteiger partial charge on any atom is 0.209 e. The van der Waals surface area contributed by atoms with Gasteiger partial charge in [0.2, 0.25) is 6.41 Å². The topological polar surface area (TPSA) is 44.8 Å². The van der Waals surface area contributed by atoms with Crippen LogP contribution < -0.4 is 5.32 Å². The van der Waals surface area contributed by atoms with Crippen LogP contribution >= 0.6 is 0 Å².